The summed E-state index contributed by atoms with van der Waals surface area (Å²) in [4.78, 5) is 21.7. The number of fused-ring (bicyclic) bond motifs is 1. The highest BCUT2D eigenvalue weighted by atomic mass is 16.4. The van der Waals surface area contributed by atoms with Crippen molar-refractivity contribution in [3.8, 4) is 0 Å². The Labute approximate surface area is 90.8 Å². The van der Waals surface area contributed by atoms with Crippen LogP contribution in [0.3, 0.4) is 0 Å². The summed E-state index contributed by atoms with van der Waals surface area (Å²) in [6.45, 7) is 0. The molecule has 0 bridgehead atoms. The first-order valence-electron chi connectivity index (χ1n) is 4.61. The Hall–Kier alpha value is -2.36. The Morgan fingerprint density at radius 1 is 1.19 bits per heavy atom. The van der Waals surface area contributed by atoms with Gasteiger partial charge in [0.25, 0.3) is 0 Å². The van der Waals surface area contributed by atoms with E-state index in [2.05, 4.69) is 0 Å². The number of carboxylic acids is 1. The molecule has 0 unspecified atom stereocenters. The summed E-state index contributed by atoms with van der Waals surface area (Å²) in [7, 11) is 0. The van der Waals surface area contributed by atoms with Gasteiger partial charge < -0.3 is 9.52 Å². The Bertz CT molecular complexity index is 544. The number of allylic oxidation sites excluding steroid dienone is 1. The molecular weight excluding hydrogens is 208 g/mol. The topological polar surface area (TPSA) is 67.5 Å². The van der Waals surface area contributed by atoms with Crippen molar-refractivity contribution >= 4 is 22.7 Å². The number of aliphatic carboxylic acids is 1. The summed E-state index contributed by atoms with van der Waals surface area (Å²) in [6, 6.07) is 8.78. The lowest BCUT2D eigenvalue weighted by atomic mass is 10.2. The van der Waals surface area contributed by atoms with E-state index >= 15 is 0 Å². The third kappa shape index (κ3) is 2.00. The number of carboxylic acid groups (broad SMARTS) is 1. The van der Waals surface area contributed by atoms with Crippen LogP contribution < -0.4 is 0 Å². The molecule has 1 heterocycles. The number of ketones is 1. The number of para-hydroxylation sites is 1. The molecule has 0 spiro atoms. The van der Waals surface area contributed by atoms with Crippen LogP contribution in [-0.2, 0) is 4.79 Å². The van der Waals surface area contributed by atoms with Crippen molar-refractivity contribution in [2.45, 2.75) is 0 Å². The number of carbonyl (C=O) groups is 2. The van der Waals surface area contributed by atoms with Crippen molar-refractivity contribution in [1.29, 1.82) is 0 Å². The van der Waals surface area contributed by atoms with Crippen molar-refractivity contribution in [2.75, 3.05) is 0 Å². The van der Waals surface area contributed by atoms with Gasteiger partial charge in [0.05, 0.1) is 0 Å². The number of furan rings is 1. The average molecular weight is 216 g/mol. The monoisotopic (exact) mass is 216 g/mol. The largest absolute Gasteiger partial charge is 0.478 e. The zero-order valence-corrected chi connectivity index (χ0v) is 8.21. The Balaban J connectivity index is 2.33. The predicted molar refractivity (Wildman–Crippen MR) is 57.3 cm³/mol. The van der Waals surface area contributed by atoms with Gasteiger partial charge >= 0.3 is 5.97 Å². The lowest BCUT2D eigenvalue weighted by Gasteiger charge is -1.86. The SMILES string of the molecule is O=C(O)C=CC(=O)c1cc2ccccc2o1. The summed E-state index contributed by atoms with van der Waals surface area (Å²) < 4.78 is 5.27. The van der Waals surface area contributed by atoms with E-state index in [0.29, 0.717) is 5.58 Å². The maximum atomic E-state index is 11.5. The lowest BCUT2D eigenvalue weighted by Crippen LogP contribution is -1.94. The Morgan fingerprint density at radius 2 is 1.94 bits per heavy atom. The van der Waals surface area contributed by atoms with Crippen LogP contribution in [0.2, 0.25) is 0 Å². The highest BCUT2D eigenvalue weighted by Crippen LogP contribution is 2.19. The van der Waals surface area contributed by atoms with Crippen LogP contribution in [0.5, 0.6) is 0 Å². The van der Waals surface area contributed by atoms with Gasteiger partial charge in [0.15, 0.2) is 5.76 Å². The molecular formula is C12H8O4. The fraction of sp³-hybridized carbons (Fsp3) is 0. The van der Waals surface area contributed by atoms with Crippen molar-refractivity contribution < 1.29 is 19.1 Å². The highest BCUT2D eigenvalue weighted by molar-refractivity contribution is 6.06. The maximum Gasteiger partial charge on any atom is 0.328 e. The first-order chi connectivity index (χ1) is 7.66. The number of rotatable bonds is 3. The van der Waals surface area contributed by atoms with Crippen LogP contribution >= 0.6 is 0 Å². The molecule has 0 fully saturated rings. The van der Waals surface area contributed by atoms with Crippen LogP contribution in [0.4, 0.5) is 0 Å². The lowest BCUT2D eigenvalue weighted by molar-refractivity contribution is -0.131. The summed E-state index contributed by atoms with van der Waals surface area (Å²) in [5.74, 6) is -1.48. The van der Waals surface area contributed by atoms with Gasteiger partial charge in [-0.15, -0.1) is 0 Å². The molecule has 0 aliphatic rings. The van der Waals surface area contributed by atoms with E-state index in [-0.39, 0.29) is 5.76 Å². The van der Waals surface area contributed by atoms with E-state index in [1.165, 1.54) is 0 Å². The maximum absolute atomic E-state index is 11.5. The van der Waals surface area contributed by atoms with Crippen molar-refractivity contribution in [3.05, 3.63) is 48.2 Å². The van der Waals surface area contributed by atoms with Gasteiger partial charge in [-0.3, -0.25) is 4.79 Å². The van der Waals surface area contributed by atoms with Gasteiger partial charge in [-0.1, -0.05) is 18.2 Å². The molecule has 4 heteroatoms. The number of hydrogen-bond acceptors (Lipinski definition) is 3. The molecule has 0 aliphatic heterocycles. The van der Waals surface area contributed by atoms with E-state index in [0.717, 1.165) is 17.5 Å². The zero-order valence-electron chi connectivity index (χ0n) is 8.21. The molecule has 2 aromatic rings. The second-order valence-electron chi connectivity index (χ2n) is 3.18. The van der Waals surface area contributed by atoms with Crippen LogP contribution in [0.1, 0.15) is 10.6 Å². The smallest absolute Gasteiger partial charge is 0.328 e. The molecule has 1 N–H and O–H groups in total. The molecule has 0 saturated carbocycles. The quantitative estimate of drug-likeness (QED) is 0.631. The van der Waals surface area contributed by atoms with Crippen molar-refractivity contribution in [2.24, 2.45) is 0 Å². The minimum absolute atomic E-state index is 0.138. The van der Waals surface area contributed by atoms with E-state index < -0.39 is 11.8 Å². The number of benzene rings is 1. The van der Waals surface area contributed by atoms with E-state index in [1.807, 2.05) is 12.1 Å². The Kier molecular flexibility index (Phi) is 2.55. The van der Waals surface area contributed by atoms with Crippen LogP contribution in [0.25, 0.3) is 11.0 Å². The van der Waals surface area contributed by atoms with Crippen molar-refractivity contribution in [1.82, 2.24) is 0 Å². The van der Waals surface area contributed by atoms with Crippen LogP contribution in [0.15, 0.2) is 46.9 Å². The number of carbonyl (C=O) groups excluding carboxylic acids is 1. The summed E-state index contributed by atoms with van der Waals surface area (Å²) in [5, 5.41) is 9.19. The first kappa shape index (κ1) is 10.2. The highest BCUT2D eigenvalue weighted by Gasteiger charge is 2.09. The summed E-state index contributed by atoms with van der Waals surface area (Å²) in [6.07, 6.45) is 1.76. The van der Waals surface area contributed by atoms with Crippen LogP contribution in [-0.4, -0.2) is 16.9 Å². The normalized spacial score (nSPS) is 11.0. The molecule has 0 amide bonds. The fourth-order valence-electron chi connectivity index (χ4n) is 1.33. The molecule has 0 saturated heterocycles. The van der Waals surface area contributed by atoms with Gasteiger partial charge in [-0.2, -0.15) is 0 Å². The minimum Gasteiger partial charge on any atom is -0.478 e. The standard InChI is InChI=1S/C12H8O4/c13-9(5-6-12(14)15)11-7-8-3-1-2-4-10(8)16-11/h1-7H,(H,14,15). The molecule has 80 valence electrons. The molecule has 0 atom stereocenters. The summed E-state index contributed by atoms with van der Waals surface area (Å²) >= 11 is 0. The minimum atomic E-state index is -1.16. The van der Waals surface area contributed by atoms with Gasteiger partial charge in [0, 0.05) is 11.5 Å². The van der Waals surface area contributed by atoms with Crippen molar-refractivity contribution in [3.63, 3.8) is 0 Å². The zero-order chi connectivity index (χ0) is 11.5. The van der Waals surface area contributed by atoms with E-state index in [1.54, 1.807) is 18.2 Å². The third-order valence-electron chi connectivity index (χ3n) is 2.05. The van der Waals surface area contributed by atoms with Gasteiger partial charge in [-0.05, 0) is 18.2 Å². The molecule has 1 aromatic heterocycles. The molecule has 1 aromatic carbocycles. The van der Waals surface area contributed by atoms with Gasteiger partial charge in [-0.25, -0.2) is 4.79 Å². The predicted octanol–water partition coefficient (Wildman–Crippen LogP) is 2.26. The van der Waals surface area contributed by atoms with E-state index in [4.69, 9.17) is 9.52 Å². The average Bonchev–Trinajstić information content (AvgIpc) is 2.69. The molecule has 0 aliphatic carbocycles. The molecule has 16 heavy (non-hydrogen) atoms. The first-order valence-corrected chi connectivity index (χ1v) is 4.61. The molecule has 0 radical (unpaired) electrons. The summed E-state index contributed by atoms with van der Waals surface area (Å²) in [5.41, 5.74) is 0.606. The fourth-order valence-corrected chi connectivity index (χ4v) is 1.33. The van der Waals surface area contributed by atoms with E-state index in [9.17, 15) is 9.59 Å². The van der Waals surface area contributed by atoms with Crippen LogP contribution in [0, 0.1) is 0 Å². The third-order valence-corrected chi connectivity index (χ3v) is 2.05. The van der Waals surface area contributed by atoms with Gasteiger partial charge in [0.2, 0.25) is 5.78 Å². The van der Waals surface area contributed by atoms with Gasteiger partial charge in [0.1, 0.15) is 5.58 Å². The molecule has 2 rings (SSSR count). The number of hydrogen-bond donors (Lipinski definition) is 1. The second kappa shape index (κ2) is 4.02. The second-order valence-corrected chi connectivity index (χ2v) is 3.18. The molecule has 4 nitrogen and oxygen atoms in total. The Morgan fingerprint density at radius 3 is 2.62 bits per heavy atom.